The number of anilines is 1. The summed E-state index contributed by atoms with van der Waals surface area (Å²) in [6, 6.07) is 20.9. The zero-order valence-corrected chi connectivity index (χ0v) is 12.2. The minimum absolute atomic E-state index is 0.117. The molecule has 0 N–H and O–H groups in total. The van der Waals surface area contributed by atoms with E-state index in [0.29, 0.717) is 0 Å². The third-order valence-corrected chi connectivity index (χ3v) is 3.73. The van der Waals surface area contributed by atoms with E-state index in [-0.39, 0.29) is 11.8 Å². The largest absolute Gasteiger partial charge is 0.378 e. The van der Waals surface area contributed by atoms with Gasteiger partial charge in [0.2, 0.25) is 0 Å². The molecule has 0 amide bonds. The monoisotopic (exact) mass is 264 g/mol. The fraction of sp³-hybridized carbons (Fsp3) is 0.278. The molecule has 0 radical (unpaired) electrons. The van der Waals surface area contributed by atoms with E-state index in [2.05, 4.69) is 54.3 Å². The molecule has 0 bridgehead atoms. The van der Waals surface area contributed by atoms with Gasteiger partial charge in [0.15, 0.2) is 0 Å². The Morgan fingerprint density at radius 3 is 2.00 bits per heavy atom. The third kappa shape index (κ3) is 3.00. The SMILES string of the molecule is CC(c1ccccc1)C(C#N)c1ccc(N(C)C)cc1. The molecule has 0 saturated carbocycles. The molecule has 0 aliphatic heterocycles. The molecule has 2 aromatic carbocycles. The van der Waals surface area contributed by atoms with Crippen LogP contribution >= 0.6 is 0 Å². The summed E-state index contributed by atoms with van der Waals surface area (Å²) < 4.78 is 0. The predicted molar refractivity (Wildman–Crippen MR) is 84.0 cm³/mol. The molecule has 2 nitrogen and oxygen atoms in total. The van der Waals surface area contributed by atoms with E-state index in [0.717, 1.165) is 11.3 Å². The Kier molecular flexibility index (Phi) is 4.42. The van der Waals surface area contributed by atoms with Crippen molar-refractivity contribution in [1.29, 1.82) is 5.26 Å². The van der Waals surface area contributed by atoms with Gasteiger partial charge in [-0.25, -0.2) is 0 Å². The van der Waals surface area contributed by atoms with Crippen LogP contribution in [0.25, 0.3) is 0 Å². The summed E-state index contributed by atoms with van der Waals surface area (Å²) in [6.07, 6.45) is 0. The highest BCUT2D eigenvalue weighted by Gasteiger charge is 2.20. The fourth-order valence-electron chi connectivity index (χ4n) is 2.40. The lowest BCUT2D eigenvalue weighted by atomic mass is 9.83. The van der Waals surface area contributed by atoms with E-state index in [1.165, 1.54) is 5.56 Å². The van der Waals surface area contributed by atoms with Gasteiger partial charge in [0.25, 0.3) is 0 Å². The molecular weight excluding hydrogens is 244 g/mol. The van der Waals surface area contributed by atoms with Gasteiger partial charge in [-0.2, -0.15) is 5.26 Å². The van der Waals surface area contributed by atoms with E-state index in [9.17, 15) is 5.26 Å². The van der Waals surface area contributed by atoms with Crippen LogP contribution in [0.4, 0.5) is 5.69 Å². The van der Waals surface area contributed by atoms with E-state index in [1.807, 2.05) is 32.3 Å². The van der Waals surface area contributed by atoms with Gasteiger partial charge < -0.3 is 4.90 Å². The maximum absolute atomic E-state index is 9.53. The number of hydrogen-bond acceptors (Lipinski definition) is 2. The van der Waals surface area contributed by atoms with Crippen LogP contribution in [0.2, 0.25) is 0 Å². The van der Waals surface area contributed by atoms with Gasteiger partial charge in [-0.3, -0.25) is 0 Å². The maximum atomic E-state index is 9.53. The summed E-state index contributed by atoms with van der Waals surface area (Å²) in [5, 5.41) is 9.53. The van der Waals surface area contributed by atoms with Crippen LogP contribution in [0.3, 0.4) is 0 Å². The van der Waals surface area contributed by atoms with Gasteiger partial charge in [-0.05, 0) is 23.3 Å². The first-order chi connectivity index (χ1) is 9.63. The van der Waals surface area contributed by atoms with Crippen LogP contribution in [0.1, 0.15) is 29.9 Å². The zero-order chi connectivity index (χ0) is 14.5. The average Bonchev–Trinajstić information content (AvgIpc) is 2.49. The molecule has 2 heteroatoms. The van der Waals surface area contributed by atoms with Crippen LogP contribution < -0.4 is 4.90 Å². The lowest BCUT2D eigenvalue weighted by molar-refractivity contribution is 0.686. The smallest absolute Gasteiger partial charge is 0.0778 e. The van der Waals surface area contributed by atoms with Gasteiger partial charge in [-0.1, -0.05) is 49.4 Å². The van der Waals surface area contributed by atoms with Crippen molar-refractivity contribution in [3.63, 3.8) is 0 Å². The first-order valence-electron chi connectivity index (χ1n) is 6.85. The molecule has 2 unspecified atom stereocenters. The highest BCUT2D eigenvalue weighted by molar-refractivity contribution is 5.47. The lowest BCUT2D eigenvalue weighted by Gasteiger charge is -2.20. The van der Waals surface area contributed by atoms with Crippen molar-refractivity contribution >= 4 is 5.69 Å². The Morgan fingerprint density at radius 2 is 1.50 bits per heavy atom. The second kappa shape index (κ2) is 6.25. The molecule has 0 spiro atoms. The second-order valence-corrected chi connectivity index (χ2v) is 5.29. The first-order valence-corrected chi connectivity index (χ1v) is 6.85. The van der Waals surface area contributed by atoms with Crippen LogP contribution in [0, 0.1) is 11.3 Å². The molecule has 102 valence electrons. The van der Waals surface area contributed by atoms with Crippen molar-refractivity contribution in [1.82, 2.24) is 0 Å². The number of hydrogen-bond donors (Lipinski definition) is 0. The van der Waals surface area contributed by atoms with E-state index in [1.54, 1.807) is 0 Å². The molecule has 0 saturated heterocycles. The molecule has 0 aliphatic rings. The van der Waals surface area contributed by atoms with E-state index >= 15 is 0 Å². The summed E-state index contributed by atoms with van der Waals surface area (Å²) in [5.41, 5.74) is 3.43. The van der Waals surface area contributed by atoms with Gasteiger partial charge in [0, 0.05) is 25.7 Å². The van der Waals surface area contributed by atoms with Crippen molar-refractivity contribution < 1.29 is 0 Å². The Morgan fingerprint density at radius 1 is 0.900 bits per heavy atom. The Hall–Kier alpha value is -2.27. The Labute approximate surface area is 121 Å². The molecule has 2 aromatic rings. The first kappa shape index (κ1) is 14.1. The second-order valence-electron chi connectivity index (χ2n) is 5.29. The minimum Gasteiger partial charge on any atom is -0.378 e. The molecule has 0 heterocycles. The van der Waals surface area contributed by atoms with Crippen LogP contribution in [0.15, 0.2) is 54.6 Å². The van der Waals surface area contributed by atoms with Crippen molar-refractivity contribution in [3.8, 4) is 6.07 Å². The van der Waals surface area contributed by atoms with Crippen molar-refractivity contribution in [3.05, 3.63) is 65.7 Å². The van der Waals surface area contributed by atoms with Crippen LogP contribution in [-0.2, 0) is 0 Å². The zero-order valence-electron chi connectivity index (χ0n) is 12.2. The summed E-state index contributed by atoms with van der Waals surface area (Å²) in [5.74, 6) is 0.0695. The van der Waals surface area contributed by atoms with E-state index < -0.39 is 0 Å². The summed E-state index contributed by atoms with van der Waals surface area (Å²) in [6.45, 7) is 2.11. The Balaban J connectivity index is 2.26. The number of nitriles is 1. The summed E-state index contributed by atoms with van der Waals surface area (Å²) in [7, 11) is 4.03. The lowest BCUT2D eigenvalue weighted by Crippen LogP contribution is -2.10. The van der Waals surface area contributed by atoms with Crippen molar-refractivity contribution in [2.24, 2.45) is 0 Å². The van der Waals surface area contributed by atoms with Gasteiger partial charge in [-0.15, -0.1) is 0 Å². The highest BCUT2D eigenvalue weighted by atomic mass is 15.1. The Bertz CT molecular complexity index is 579. The van der Waals surface area contributed by atoms with E-state index in [4.69, 9.17) is 0 Å². The topological polar surface area (TPSA) is 27.0 Å². The van der Waals surface area contributed by atoms with Crippen LogP contribution in [0.5, 0.6) is 0 Å². The van der Waals surface area contributed by atoms with Gasteiger partial charge in [0.05, 0.1) is 12.0 Å². The predicted octanol–water partition coefficient (Wildman–Crippen LogP) is 4.16. The number of nitrogens with zero attached hydrogens (tertiary/aromatic N) is 2. The quantitative estimate of drug-likeness (QED) is 0.829. The molecule has 0 aromatic heterocycles. The van der Waals surface area contributed by atoms with Crippen LogP contribution in [-0.4, -0.2) is 14.1 Å². The van der Waals surface area contributed by atoms with Crippen molar-refractivity contribution in [2.75, 3.05) is 19.0 Å². The third-order valence-electron chi connectivity index (χ3n) is 3.73. The molecule has 2 atom stereocenters. The molecule has 0 aliphatic carbocycles. The normalized spacial score (nSPS) is 13.3. The highest BCUT2D eigenvalue weighted by Crippen LogP contribution is 2.32. The van der Waals surface area contributed by atoms with Crippen molar-refractivity contribution in [2.45, 2.75) is 18.8 Å². The molecule has 20 heavy (non-hydrogen) atoms. The fourth-order valence-corrected chi connectivity index (χ4v) is 2.40. The molecule has 2 rings (SSSR count). The molecular formula is C18H20N2. The summed E-state index contributed by atoms with van der Waals surface area (Å²) in [4.78, 5) is 2.06. The standard InChI is InChI=1S/C18H20N2/c1-14(15-7-5-4-6-8-15)18(13-19)16-9-11-17(12-10-16)20(2)3/h4-12,14,18H,1-3H3. The van der Waals surface area contributed by atoms with Gasteiger partial charge in [0.1, 0.15) is 0 Å². The number of rotatable bonds is 4. The molecule has 0 fully saturated rings. The van der Waals surface area contributed by atoms with Gasteiger partial charge >= 0.3 is 0 Å². The summed E-state index contributed by atoms with van der Waals surface area (Å²) >= 11 is 0. The maximum Gasteiger partial charge on any atom is 0.0778 e. The minimum atomic E-state index is -0.117. The average molecular weight is 264 g/mol. The number of benzene rings is 2.